The highest BCUT2D eigenvalue weighted by molar-refractivity contribution is 5.39. The fourth-order valence-electron chi connectivity index (χ4n) is 4.18. The summed E-state index contributed by atoms with van der Waals surface area (Å²) >= 11 is 0. The summed E-state index contributed by atoms with van der Waals surface area (Å²) < 4.78 is 10.4. The Hall–Kier alpha value is -2.24. The zero-order valence-corrected chi connectivity index (χ0v) is 17.9. The smallest absolute Gasteiger partial charge is 0.123 e. The van der Waals surface area contributed by atoms with Crippen LogP contribution in [0.2, 0.25) is 0 Å². The van der Waals surface area contributed by atoms with Crippen LogP contribution in [0.3, 0.4) is 0 Å². The first-order valence-corrected chi connectivity index (χ1v) is 10.5. The first kappa shape index (κ1) is 21.5. The second kappa shape index (κ2) is 10.5. The Morgan fingerprint density at radius 2 is 1.79 bits per heavy atom. The summed E-state index contributed by atoms with van der Waals surface area (Å²) in [6.45, 7) is 5.24. The van der Waals surface area contributed by atoms with Crippen molar-refractivity contribution in [3.05, 3.63) is 53.6 Å². The van der Waals surface area contributed by atoms with E-state index >= 15 is 0 Å². The van der Waals surface area contributed by atoms with Crippen LogP contribution in [0.15, 0.2) is 42.5 Å². The van der Waals surface area contributed by atoms with Gasteiger partial charge in [-0.1, -0.05) is 18.2 Å². The van der Waals surface area contributed by atoms with Gasteiger partial charge in [0.25, 0.3) is 0 Å². The van der Waals surface area contributed by atoms with Gasteiger partial charge in [0.1, 0.15) is 17.2 Å². The molecule has 0 amide bonds. The zero-order valence-electron chi connectivity index (χ0n) is 17.9. The van der Waals surface area contributed by atoms with Gasteiger partial charge in [-0.15, -0.1) is 0 Å². The van der Waals surface area contributed by atoms with Crippen LogP contribution in [0.25, 0.3) is 0 Å². The molecule has 0 aromatic heterocycles. The van der Waals surface area contributed by atoms with Crippen LogP contribution in [0.4, 0.5) is 0 Å². The van der Waals surface area contributed by atoms with Crippen molar-refractivity contribution < 1.29 is 14.6 Å². The lowest BCUT2D eigenvalue weighted by Gasteiger charge is -2.35. The van der Waals surface area contributed by atoms with E-state index in [4.69, 9.17) is 9.47 Å². The van der Waals surface area contributed by atoms with Crippen LogP contribution >= 0.6 is 0 Å². The lowest BCUT2D eigenvalue weighted by Crippen LogP contribution is -2.40. The van der Waals surface area contributed by atoms with Gasteiger partial charge in [-0.25, -0.2) is 0 Å². The quantitative estimate of drug-likeness (QED) is 0.696. The lowest BCUT2D eigenvalue weighted by molar-refractivity contribution is 0.142. The average molecular weight is 399 g/mol. The van der Waals surface area contributed by atoms with E-state index in [1.165, 1.54) is 24.9 Å². The minimum Gasteiger partial charge on any atom is -0.507 e. The highest BCUT2D eigenvalue weighted by Crippen LogP contribution is 2.25. The van der Waals surface area contributed by atoms with Crippen molar-refractivity contribution in [1.82, 2.24) is 9.80 Å². The third-order valence-electron chi connectivity index (χ3n) is 5.78. The minimum absolute atomic E-state index is 0.306. The fourth-order valence-corrected chi connectivity index (χ4v) is 4.18. The molecular weight excluding hydrogens is 364 g/mol. The summed E-state index contributed by atoms with van der Waals surface area (Å²) in [5.74, 6) is 2.58. The number of piperidine rings is 1. The SMILES string of the molecule is COc1ccc(CCN2CCC[C@H](CN(C)Cc3ccc(OC)cc3O)C2)cc1. The Balaban J connectivity index is 1.46. The topological polar surface area (TPSA) is 45.2 Å². The van der Waals surface area contributed by atoms with Crippen LogP contribution in [-0.4, -0.2) is 62.4 Å². The Morgan fingerprint density at radius 1 is 1.07 bits per heavy atom. The molecule has 5 nitrogen and oxygen atoms in total. The van der Waals surface area contributed by atoms with E-state index in [-0.39, 0.29) is 0 Å². The van der Waals surface area contributed by atoms with Gasteiger partial charge < -0.3 is 24.4 Å². The Morgan fingerprint density at radius 3 is 2.48 bits per heavy atom. The van der Waals surface area contributed by atoms with Gasteiger partial charge in [0.2, 0.25) is 0 Å². The number of hydrogen-bond donors (Lipinski definition) is 1. The van der Waals surface area contributed by atoms with E-state index in [0.29, 0.717) is 17.4 Å². The van der Waals surface area contributed by atoms with Crippen molar-refractivity contribution in [2.45, 2.75) is 25.8 Å². The predicted octanol–water partition coefficient (Wildman–Crippen LogP) is 3.80. The molecule has 0 aliphatic carbocycles. The van der Waals surface area contributed by atoms with Crippen LogP contribution < -0.4 is 9.47 Å². The molecule has 0 saturated carbocycles. The van der Waals surface area contributed by atoms with E-state index < -0.39 is 0 Å². The molecule has 1 atom stereocenters. The molecule has 1 aliphatic rings. The maximum atomic E-state index is 10.2. The molecule has 0 radical (unpaired) electrons. The van der Waals surface area contributed by atoms with Crippen molar-refractivity contribution in [1.29, 1.82) is 0 Å². The summed E-state index contributed by atoms with van der Waals surface area (Å²) in [4.78, 5) is 4.91. The highest BCUT2D eigenvalue weighted by atomic mass is 16.5. The van der Waals surface area contributed by atoms with Gasteiger partial charge in [-0.2, -0.15) is 0 Å². The molecule has 29 heavy (non-hydrogen) atoms. The average Bonchev–Trinajstić information content (AvgIpc) is 2.74. The second-order valence-corrected chi connectivity index (χ2v) is 8.10. The zero-order chi connectivity index (χ0) is 20.6. The van der Waals surface area contributed by atoms with Gasteiger partial charge in [-0.05, 0) is 62.5 Å². The Kier molecular flexibility index (Phi) is 7.78. The number of rotatable bonds is 9. The van der Waals surface area contributed by atoms with E-state index in [1.54, 1.807) is 20.3 Å². The molecule has 2 aromatic rings. The summed E-state index contributed by atoms with van der Waals surface area (Å²) in [6, 6.07) is 13.9. The first-order chi connectivity index (χ1) is 14.1. The molecule has 0 bridgehead atoms. The first-order valence-electron chi connectivity index (χ1n) is 10.5. The predicted molar refractivity (Wildman–Crippen MR) is 117 cm³/mol. The van der Waals surface area contributed by atoms with Crippen molar-refractivity contribution in [2.75, 3.05) is 47.4 Å². The number of likely N-dealkylation sites (tertiary alicyclic amines) is 1. The van der Waals surface area contributed by atoms with E-state index in [2.05, 4.69) is 29.0 Å². The molecule has 2 aromatic carbocycles. The number of nitrogens with zero attached hydrogens (tertiary/aromatic N) is 2. The van der Waals surface area contributed by atoms with Gasteiger partial charge >= 0.3 is 0 Å². The molecule has 1 heterocycles. The van der Waals surface area contributed by atoms with Gasteiger partial charge in [0.15, 0.2) is 0 Å². The number of benzene rings is 2. The number of phenolic OH excluding ortho intramolecular Hbond substituents is 1. The number of phenols is 1. The Labute approximate surface area is 174 Å². The second-order valence-electron chi connectivity index (χ2n) is 8.10. The van der Waals surface area contributed by atoms with Crippen molar-refractivity contribution in [3.63, 3.8) is 0 Å². The molecular formula is C24H34N2O3. The Bertz CT molecular complexity index is 763. The summed E-state index contributed by atoms with van der Waals surface area (Å²) in [5, 5.41) is 10.2. The summed E-state index contributed by atoms with van der Waals surface area (Å²) in [7, 11) is 5.46. The molecule has 158 valence electrons. The number of ether oxygens (including phenoxy) is 2. The third-order valence-corrected chi connectivity index (χ3v) is 5.78. The van der Waals surface area contributed by atoms with Gasteiger partial charge in [0, 0.05) is 37.8 Å². The highest BCUT2D eigenvalue weighted by Gasteiger charge is 2.21. The number of aromatic hydroxyl groups is 1. The minimum atomic E-state index is 0.306. The summed E-state index contributed by atoms with van der Waals surface area (Å²) in [5.41, 5.74) is 2.31. The monoisotopic (exact) mass is 398 g/mol. The van der Waals surface area contributed by atoms with Crippen LogP contribution in [0.1, 0.15) is 24.0 Å². The third kappa shape index (κ3) is 6.38. The molecule has 1 aliphatic heterocycles. The molecule has 3 rings (SSSR count). The van der Waals surface area contributed by atoms with Crippen molar-refractivity contribution in [3.8, 4) is 17.2 Å². The molecule has 0 unspecified atom stereocenters. The molecule has 0 spiro atoms. The van der Waals surface area contributed by atoms with E-state index in [9.17, 15) is 5.11 Å². The molecule has 1 saturated heterocycles. The summed E-state index contributed by atoms with van der Waals surface area (Å²) in [6.07, 6.45) is 3.61. The number of hydrogen-bond acceptors (Lipinski definition) is 5. The molecule has 1 N–H and O–H groups in total. The maximum absolute atomic E-state index is 10.2. The van der Waals surface area contributed by atoms with Crippen LogP contribution in [0, 0.1) is 5.92 Å². The van der Waals surface area contributed by atoms with E-state index in [0.717, 1.165) is 43.9 Å². The van der Waals surface area contributed by atoms with Crippen LogP contribution in [-0.2, 0) is 13.0 Å². The lowest BCUT2D eigenvalue weighted by atomic mass is 9.97. The molecule has 5 heteroatoms. The van der Waals surface area contributed by atoms with Crippen molar-refractivity contribution in [2.24, 2.45) is 5.92 Å². The van der Waals surface area contributed by atoms with Crippen molar-refractivity contribution >= 4 is 0 Å². The largest absolute Gasteiger partial charge is 0.507 e. The van der Waals surface area contributed by atoms with E-state index in [1.807, 2.05) is 24.3 Å². The maximum Gasteiger partial charge on any atom is 0.123 e. The van der Waals surface area contributed by atoms with Gasteiger partial charge in [-0.3, -0.25) is 0 Å². The number of methoxy groups -OCH3 is 2. The molecule has 1 fully saturated rings. The fraction of sp³-hybridized carbons (Fsp3) is 0.500. The van der Waals surface area contributed by atoms with Gasteiger partial charge in [0.05, 0.1) is 14.2 Å². The standard InChI is InChI=1S/C24H34N2O3/c1-25(18-21-8-11-23(29-3)15-24(21)27)16-20-5-4-13-26(17-20)14-12-19-6-9-22(28-2)10-7-19/h6-11,15,20,27H,4-5,12-14,16-18H2,1-3H3/t20-/m1/s1. The normalized spacial score (nSPS) is 17.4. The van der Waals surface area contributed by atoms with Crippen LogP contribution in [0.5, 0.6) is 17.2 Å².